The fourth-order valence-electron chi connectivity index (χ4n) is 3.40. The number of carbonyl (C=O) groups is 2. The molecule has 1 aromatic carbocycles. The Balaban J connectivity index is 0.00000338. The lowest BCUT2D eigenvalue weighted by Crippen LogP contribution is -2.32. The van der Waals surface area contributed by atoms with E-state index in [1.54, 1.807) is 12.1 Å². The standard InChI is InChI=1S/C19H30N4O2.2ClH/c1-13(14-6-8-21-9-7-14)10-18(24)22-17-11-15(19(20)25)4-5-16(17)12-23(2)3;;/h4-5,11,13-14,21H,6-10,12H2,1-3H3,(H2,20,25)(H,22,24);2*1H. The van der Waals surface area contributed by atoms with Crippen molar-refractivity contribution in [3.8, 4) is 0 Å². The van der Waals surface area contributed by atoms with Gasteiger partial charge in [0.1, 0.15) is 0 Å². The number of amides is 2. The van der Waals surface area contributed by atoms with Gasteiger partial charge in [0.2, 0.25) is 11.8 Å². The summed E-state index contributed by atoms with van der Waals surface area (Å²) in [5.74, 6) is 0.437. The molecule has 0 saturated carbocycles. The van der Waals surface area contributed by atoms with Gasteiger partial charge in [-0.25, -0.2) is 0 Å². The van der Waals surface area contributed by atoms with Crippen molar-refractivity contribution < 1.29 is 9.59 Å². The highest BCUT2D eigenvalue weighted by Gasteiger charge is 2.22. The average Bonchev–Trinajstić information content (AvgIpc) is 2.56. The van der Waals surface area contributed by atoms with Gasteiger partial charge in [0.25, 0.3) is 0 Å². The van der Waals surface area contributed by atoms with Crippen LogP contribution in [0.1, 0.15) is 42.1 Å². The molecule has 1 aliphatic heterocycles. The van der Waals surface area contributed by atoms with Gasteiger partial charge in [-0.3, -0.25) is 9.59 Å². The first kappa shape index (κ1) is 25.7. The number of carbonyl (C=O) groups excluding carboxylic acids is 2. The van der Waals surface area contributed by atoms with E-state index in [1.165, 1.54) is 0 Å². The fraction of sp³-hybridized carbons (Fsp3) is 0.579. The quantitative estimate of drug-likeness (QED) is 0.634. The van der Waals surface area contributed by atoms with Crippen LogP contribution >= 0.6 is 24.8 Å². The zero-order valence-corrected chi connectivity index (χ0v) is 17.9. The summed E-state index contributed by atoms with van der Waals surface area (Å²) in [4.78, 5) is 26.0. The molecule has 1 aromatic rings. The maximum absolute atomic E-state index is 12.5. The largest absolute Gasteiger partial charge is 0.366 e. The van der Waals surface area contributed by atoms with Gasteiger partial charge in [0.05, 0.1) is 0 Å². The molecule has 8 heteroatoms. The van der Waals surface area contributed by atoms with E-state index >= 15 is 0 Å². The van der Waals surface area contributed by atoms with Crippen LogP contribution in [-0.4, -0.2) is 43.9 Å². The SMILES string of the molecule is CC(CC(=O)Nc1cc(C(N)=O)ccc1CN(C)C)C1CCNCC1.Cl.Cl. The zero-order valence-electron chi connectivity index (χ0n) is 16.3. The summed E-state index contributed by atoms with van der Waals surface area (Å²) in [5, 5.41) is 6.35. The molecule has 0 aliphatic carbocycles. The molecular formula is C19H32Cl2N4O2. The Hall–Kier alpha value is -1.34. The number of benzene rings is 1. The molecule has 0 radical (unpaired) electrons. The Morgan fingerprint density at radius 1 is 1.26 bits per heavy atom. The lowest BCUT2D eigenvalue weighted by molar-refractivity contribution is -0.117. The van der Waals surface area contributed by atoms with Crippen LogP contribution in [0, 0.1) is 11.8 Å². The van der Waals surface area contributed by atoms with Crippen LogP contribution in [0.3, 0.4) is 0 Å². The summed E-state index contributed by atoms with van der Waals surface area (Å²) in [6.45, 7) is 4.89. The number of nitrogens with two attached hydrogens (primary N) is 1. The number of anilines is 1. The van der Waals surface area contributed by atoms with Crippen LogP contribution < -0.4 is 16.4 Å². The van der Waals surface area contributed by atoms with Crippen molar-refractivity contribution in [1.29, 1.82) is 0 Å². The normalized spacial score (nSPS) is 15.4. The lowest BCUT2D eigenvalue weighted by Gasteiger charge is -2.28. The molecule has 1 unspecified atom stereocenters. The monoisotopic (exact) mass is 418 g/mol. The van der Waals surface area contributed by atoms with Crippen molar-refractivity contribution in [2.45, 2.75) is 32.7 Å². The first-order valence-electron chi connectivity index (χ1n) is 8.95. The van der Waals surface area contributed by atoms with Gasteiger partial charge in [-0.15, -0.1) is 24.8 Å². The van der Waals surface area contributed by atoms with Crippen molar-refractivity contribution >= 4 is 42.3 Å². The van der Waals surface area contributed by atoms with Gasteiger partial charge < -0.3 is 21.3 Å². The number of nitrogens with zero attached hydrogens (tertiary/aromatic N) is 1. The maximum Gasteiger partial charge on any atom is 0.248 e. The highest BCUT2D eigenvalue weighted by Crippen LogP contribution is 2.25. The van der Waals surface area contributed by atoms with Crippen LogP contribution in [0.4, 0.5) is 5.69 Å². The molecule has 1 aliphatic rings. The summed E-state index contributed by atoms with van der Waals surface area (Å²) < 4.78 is 0. The summed E-state index contributed by atoms with van der Waals surface area (Å²) in [5.41, 5.74) is 7.43. The van der Waals surface area contributed by atoms with E-state index in [2.05, 4.69) is 17.6 Å². The molecule has 0 aromatic heterocycles. The van der Waals surface area contributed by atoms with Gasteiger partial charge in [0, 0.05) is 24.2 Å². The molecule has 6 nitrogen and oxygen atoms in total. The van der Waals surface area contributed by atoms with Gasteiger partial charge in [-0.2, -0.15) is 0 Å². The van der Waals surface area contributed by atoms with Gasteiger partial charge >= 0.3 is 0 Å². The summed E-state index contributed by atoms with van der Waals surface area (Å²) in [7, 11) is 3.93. The zero-order chi connectivity index (χ0) is 18.4. The number of piperidine rings is 1. The predicted molar refractivity (Wildman–Crippen MR) is 115 cm³/mol. The third-order valence-corrected chi connectivity index (χ3v) is 4.85. The van der Waals surface area contributed by atoms with Crippen molar-refractivity contribution in [3.05, 3.63) is 29.3 Å². The predicted octanol–water partition coefficient (Wildman–Crippen LogP) is 2.66. The van der Waals surface area contributed by atoms with Gasteiger partial charge in [-0.1, -0.05) is 13.0 Å². The van der Waals surface area contributed by atoms with Crippen molar-refractivity contribution in [1.82, 2.24) is 10.2 Å². The highest BCUT2D eigenvalue weighted by atomic mass is 35.5. The number of hydrogen-bond donors (Lipinski definition) is 3. The minimum absolute atomic E-state index is 0. The molecule has 2 rings (SSSR count). The number of nitrogens with one attached hydrogen (secondary N) is 2. The van der Waals surface area contributed by atoms with E-state index in [-0.39, 0.29) is 30.7 Å². The molecular weight excluding hydrogens is 387 g/mol. The van der Waals surface area contributed by atoms with Gasteiger partial charge in [-0.05, 0) is 69.6 Å². The Bertz CT molecular complexity index is 620. The van der Waals surface area contributed by atoms with Crippen LogP contribution in [0.25, 0.3) is 0 Å². The second kappa shape index (κ2) is 12.2. The third kappa shape index (κ3) is 8.05. The minimum atomic E-state index is -0.491. The Morgan fingerprint density at radius 3 is 2.44 bits per heavy atom. The first-order valence-corrected chi connectivity index (χ1v) is 8.95. The molecule has 1 heterocycles. The molecule has 0 bridgehead atoms. The van der Waals surface area contributed by atoms with Crippen LogP contribution in [0.5, 0.6) is 0 Å². The Kier molecular flexibility index (Phi) is 11.6. The molecule has 1 saturated heterocycles. The summed E-state index contributed by atoms with van der Waals surface area (Å²) in [6, 6.07) is 5.23. The minimum Gasteiger partial charge on any atom is -0.366 e. The Labute approximate surface area is 174 Å². The Morgan fingerprint density at radius 2 is 1.89 bits per heavy atom. The van der Waals surface area contributed by atoms with Crippen molar-refractivity contribution in [2.24, 2.45) is 17.6 Å². The maximum atomic E-state index is 12.5. The molecule has 27 heavy (non-hydrogen) atoms. The molecule has 154 valence electrons. The van der Waals surface area contributed by atoms with E-state index in [1.807, 2.05) is 25.1 Å². The second-order valence-electron chi connectivity index (χ2n) is 7.29. The topological polar surface area (TPSA) is 87.5 Å². The van der Waals surface area contributed by atoms with E-state index in [4.69, 9.17) is 5.73 Å². The smallest absolute Gasteiger partial charge is 0.248 e. The fourth-order valence-corrected chi connectivity index (χ4v) is 3.40. The molecule has 4 N–H and O–H groups in total. The van der Waals surface area contributed by atoms with Gasteiger partial charge in [0.15, 0.2) is 0 Å². The van der Waals surface area contributed by atoms with E-state index in [0.717, 1.165) is 31.5 Å². The summed E-state index contributed by atoms with van der Waals surface area (Å²) >= 11 is 0. The third-order valence-electron chi connectivity index (χ3n) is 4.85. The molecule has 2 amide bonds. The van der Waals surface area contributed by atoms with Crippen molar-refractivity contribution in [2.75, 3.05) is 32.5 Å². The average molecular weight is 419 g/mol. The number of hydrogen-bond acceptors (Lipinski definition) is 4. The molecule has 1 fully saturated rings. The lowest BCUT2D eigenvalue weighted by atomic mass is 9.84. The van der Waals surface area contributed by atoms with Crippen molar-refractivity contribution in [3.63, 3.8) is 0 Å². The van der Waals surface area contributed by atoms with Crippen LogP contribution in [-0.2, 0) is 11.3 Å². The van der Waals surface area contributed by atoms with E-state index in [0.29, 0.717) is 36.1 Å². The number of rotatable bonds is 7. The molecule has 1 atom stereocenters. The van der Waals surface area contributed by atoms with Crippen LogP contribution in [0.15, 0.2) is 18.2 Å². The van der Waals surface area contributed by atoms with Crippen LogP contribution in [0.2, 0.25) is 0 Å². The number of primary amides is 1. The summed E-state index contributed by atoms with van der Waals surface area (Å²) in [6.07, 6.45) is 2.74. The van der Waals surface area contributed by atoms with E-state index in [9.17, 15) is 9.59 Å². The first-order chi connectivity index (χ1) is 11.9. The second-order valence-corrected chi connectivity index (χ2v) is 7.29. The number of halogens is 2. The van der Waals surface area contributed by atoms with E-state index < -0.39 is 5.91 Å². The highest BCUT2D eigenvalue weighted by molar-refractivity contribution is 5.97. The molecule has 0 spiro atoms.